The van der Waals surface area contributed by atoms with E-state index in [0.29, 0.717) is 18.7 Å². The van der Waals surface area contributed by atoms with E-state index >= 15 is 0 Å². The summed E-state index contributed by atoms with van der Waals surface area (Å²) in [7, 11) is 1.71. The summed E-state index contributed by atoms with van der Waals surface area (Å²) in [5, 5.41) is 15.4. The number of carbonyl (C=O) groups excluding carboxylic acids is 1. The fourth-order valence-corrected chi connectivity index (χ4v) is 3.54. The van der Waals surface area contributed by atoms with Crippen LogP contribution in [-0.2, 0) is 6.54 Å². The van der Waals surface area contributed by atoms with Crippen molar-refractivity contribution < 1.29 is 9.90 Å². The van der Waals surface area contributed by atoms with Crippen LogP contribution in [0.15, 0.2) is 24.7 Å². The smallest absolute Gasteiger partial charge is 0.274 e. The number of piperidine rings is 1. The number of amides is 1. The zero-order chi connectivity index (χ0) is 18.7. The van der Waals surface area contributed by atoms with Crippen molar-refractivity contribution in [3.05, 3.63) is 36.0 Å². The Balaban J connectivity index is 1.68. The highest BCUT2D eigenvalue weighted by Gasteiger charge is 2.36. The van der Waals surface area contributed by atoms with Gasteiger partial charge in [-0.05, 0) is 32.8 Å². The van der Waals surface area contributed by atoms with E-state index in [0.717, 1.165) is 31.0 Å². The summed E-state index contributed by atoms with van der Waals surface area (Å²) in [5.41, 5.74) is 0.384. The fourth-order valence-electron chi connectivity index (χ4n) is 3.54. The molecule has 0 spiro atoms. The van der Waals surface area contributed by atoms with E-state index in [1.54, 1.807) is 41.3 Å². The highest BCUT2D eigenvalue weighted by molar-refractivity contribution is 5.92. The molecule has 0 radical (unpaired) electrons. The number of β-amino-alcohol motifs (C(OH)–C–C–N with tert-alkyl or cyclic N) is 1. The molecule has 1 atom stereocenters. The monoisotopic (exact) mass is 358 g/mol. The van der Waals surface area contributed by atoms with Crippen LogP contribution in [0, 0.1) is 6.92 Å². The first-order valence-electron chi connectivity index (χ1n) is 8.95. The first-order chi connectivity index (χ1) is 12.4. The van der Waals surface area contributed by atoms with E-state index in [1.165, 1.54) is 0 Å². The van der Waals surface area contributed by atoms with Gasteiger partial charge < -0.3 is 14.9 Å². The number of carbonyl (C=O) groups is 1. The molecule has 1 amide bonds. The molecule has 1 N–H and O–H groups in total. The minimum atomic E-state index is -0.984. The van der Waals surface area contributed by atoms with Crippen molar-refractivity contribution >= 4 is 11.7 Å². The lowest BCUT2D eigenvalue weighted by Crippen LogP contribution is -2.55. The Kier molecular flexibility index (Phi) is 5.22. The fraction of sp³-hybridized carbons (Fsp3) is 0.556. The summed E-state index contributed by atoms with van der Waals surface area (Å²) in [6, 6.07) is 1.79. The van der Waals surface area contributed by atoms with Gasteiger partial charge in [-0.1, -0.05) is 0 Å². The quantitative estimate of drug-likeness (QED) is 0.861. The first-order valence-corrected chi connectivity index (χ1v) is 8.95. The second kappa shape index (κ2) is 7.41. The lowest BCUT2D eigenvalue weighted by molar-refractivity contribution is -0.000308. The largest absolute Gasteiger partial charge is 0.386 e. The average Bonchev–Trinajstić information content (AvgIpc) is 3.02. The number of hydrogen-bond acceptors (Lipinski definition) is 6. The molecule has 0 saturated carbocycles. The lowest BCUT2D eigenvalue weighted by Gasteiger charge is -2.41. The topological polar surface area (TPSA) is 87.4 Å². The predicted octanol–water partition coefficient (Wildman–Crippen LogP) is 1.10. The van der Waals surface area contributed by atoms with Crippen molar-refractivity contribution in [2.75, 3.05) is 31.6 Å². The molecule has 1 aliphatic heterocycles. The Morgan fingerprint density at radius 3 is 2.88 bits per heavy atom. The first kappa shape index (κ1) is 18.3. The molecular formula is C18H26N6O2. The second-order valence-electron chi connectivity index (χ2n) is 6.96. The van der Waals surface area contributed by atoms with Crippen LogP contribution < -0.4 is 4.90 Å². The molecule has 3 heterocycles. The molecule has 1 fully saturated rings. The minimum Gasteiger partial charge on any atom is -0.386 e. The van der Waals surface area contributed by atoms with Crippen LogP contribution in [0.3, 0.4) is 0 Å². The van der Waals surface area contributed by atoms with Crippen molar-refractivity contribution in [1.29, 1.82) is 0 Å². The maximum Gasteiger partial charge on any atom is 0.274 e. The number of rotatable bonds is 5. The van der Waals surface area contributed by atoms with Gasteiger partial charge in [-0.2, -0.15) is 5.10 Å². The van der Waals surface area contributed by atoms with Crippen LogP contribution in [0.5, 0.6) is 0 Å². The lowest BCUT2D eigenvalue weighted by atomic mass is 9.92. The minimum absolute atomic E-state index is 0.176. The maximum absolute atomic E-state index is 12.7. The average molecular weight is 358 g/mol. The van der Waals surface area contributed by atoms with Gasteiger partial charge in [0.15, 0.2) is 5.69 Å². The number of anilines is 1. The normalized spacial score (nSPS) is 20.2. The summed E-state index contributed by atoms with van der Waals surface area (Å²) in [4.78, 5) is 24.7. The van der Waals surface area contributed by atoms with E-state index in [4.69, 9.17) is 0 Å². The number of likely N-dealkylation sites (N-methyl/N-ethyl adjacent to an activating group) is 1. The van der Waals surface area contributed by atoms with Crippen LogP contribution in [0.25, 0.3) is 0 Å². The molecule has 2 aromatic heterocycles. The highest BCUT2D eigenvalue weighted by Crippen LogP contribution is 2.25. The van der Waals surface area contributed by atoms with Gasteiger partial charge in [0, 0.05) is 44.8 Å². The molecule has 8 nitrogen and oxygen atoms in total. The van der Waals surface area contributed by atoms with Gasteiger partial charge in [-0.15, -0.1) is 0 Å². The Hall–Kier alpha value is -2.48. The van der Waals surface area contributed by atoms with Gasteiger partial charge in [0.25, 0.3) is 5.91 Å². The Morgan fingerprint density at radius 2 is 2.23 bits per heavy atom. The molecule has 8 heteroatoms. The Bertz CT molecular complexity index is 762. The van der Waals surface area contributed by atoms with Gasteiger partial charge in [0.05, 0.1) is 18.3 Å². The summed E-state index contributed by atoms with van der Waals surface area (Å²) < 4.78 is 1.80. The standard InChI is InChI=1S/C18H26N6O2/c1-4-24-14(2)10-15(21-24)17(25)22(3)12-18(26)6-5-9-23(13-18)16-11-19-7-8-20-16/h7-8,10-11,26H,4-6,9,12-13H2,1-3H3/t18-/m1/s1. The van der Waals surface area contributed by atoms with E-state index in [2.05, 4.69) is 15.1 Å². The van der Waals surface area contributed by atoms with E-state index < -0.39 is 5.60 Å². The molecule has 2 aromatic rings. The molecule has 140 valence electrons. The van der Waals surface area contributed by atoms with Crippen LogP contribution in [-0.4, -0.2) is 67.9 Å². The van der Waals surface area contributed by atoms with E-state index in [9.17, 15) is 9.90 Å². The summed E-state index contributed by atoms with van der Waals surface area (Å²) in [6.07, 6.45) is 6.44. The van der Waals surface area contributed by atoms with Crippen molar-refractivity contribution in [2.45, 2.75) is 38.8 Å². The van der Waals surface area contributed by atoms with Crippen LogP contribution in [0.1, 0.15) is 35.9 Å². The predicted molar refractivity (Wildman–Crippen MR) is 98.0 cm³/mol. The molecule has 0 aromatic carbocycles. The Morgan fingerprint density at radius 1 is 1.42 bits per heavy atom. The number of nitrogens with zero attached hydrogens (tertiary/aromatic N) is 6. The SMILES string of the molecule is CCn1nc(C(=O)N(C)C[C@]2(O)CCCN(c3cnccn3)C2)cc1C. The molecule has 0 bridgehead atoms. The number of hydrogen-bond donors (Lipinski definition) is 1. The van der Waals surface area contributed by atoms with Gasteiger partial charge in [-0.25, -0.2) is 4.98 Å². The number of aromatic nitrogens is 4. The summed E-state index contributed by atoms with van der Waals surface area (Å²) in [5.74, 6) is 0.572. The number of aliphatic hydroxyl groups is 1. The zero-order valence-electron chi connectivity index (χ0n) is 15.6. The van der Waals surface area contributed by atoms with E-state index in [-0.39, 0.29) is 12.5 Å². The summed E-state index contributed by atoms with van der Waals surface area (Å²) >= 11 is 0. The van der Waals surface area contributed by atoms with E-state index in [1.807, 2.05) is 18.7 Å². The molecule has 26 heavy (non-hydrogen) atoms. The molecule has 3 rings (SSSR count). The van der Waals surface area contributed by atoms with Crippen LogP contribution >= 0.6 is 0 Å². The van der Waals surface area contributed by atoms with Gasteiger partial charge in [-0.3, -0.25) is 14.5 Å². The van der Waals surface area contributed by atoms with Crippen molar-refractivity contribution in [2.24, 2.45) is 0 Å². The Labute approximate surface area is 153 Å². The highest BCUT2D eigenvalue weighted by atomic mass is 16.3. The summed E-state index contributed by atoms with van der Waals surface area (Å²) in [6.45, 7) is 6.13. The van der Waals surface area contributed by atoms with Crippen molar-refractivity contribution in [1.82, 2.24) is 24.6 Å². The molecular weight excluding hydrogens is 332 g/mol. The number of aryl methyl sites for hydroxylation is 2. The van der Waals surface area contributed by atoms with Crippen molar-refractivity contribution in [3.63, 3.8) is 0 Å². The molecule has 0 aliphatic carbocycles. The van der Waals surface area contributed by atoms with Gasteiger partial charge >= 0.3 is 0 Å². The molecule has 1 aliphatic rings. The maximum atomic E-state index is 12.7. The van der Waals surface area contributed by atoms with Crippen molar-refractivity contribution in [3.8, 4) is 0 Å². The molecule has 0 unspecified atom stereocenters. The zero-order valence-corrected chi connectivity index (χ0v) is 15.6. The second-order valence-corrected chi connectivity index (χ2v) is 6.96. The third-order valence-corrected chi connectivity index (χ3v) is 4.81. The third-order valence-electron chi connectivity index (χ3n) is 4.81. The molecule has 1 saturated heterocycles. The van der Waals surface area contributed by atoms with Crippen LogP contribution in [0.4, 0.5) is 5.82 Å². The van der Waals surface area contributed by atoms with Gasteiger partial charge in [0.1, 0.15) is 5.82 Å². The van der Waals surface area contributed by atoms with Crippen LogP contribution in [0.2, 0.25) is 0 Å². The third kappa shape index (κ3) is 3.85. The van der Waals surface area contributed by atoms with Gasteiger partial charge in [0.2, 0.25) is 0 Å².